The van der Waals surface area contributed by atoms with Gasteiger partial charge in [-0.05, 0) is 18.2 Å². The molecule has 1 N–H and O–H groups in total. The third-order valence-corrected chi connectivity index (χ3v) is 3.00. The van der Waals surface area contributed by atoms with Gasteiger partial charge in [0.2, 0.25) is 0 Å². The molecule has 0 saturated carbocycles. The van der Waals surface area contributed by atoms with Crippen LogP contribution in [0, 0.1) is 0 Å². The molecule has 0 radical (unpaired) electrons. The maximum atomic E-state index is 10.1. The summed E-state index contributed by atoms with van der Waals surface area (Å²) in [4.78, 5) is 12.4. The molecule has 2 heterocycles. The fourth-order valence-electron chi connectivity index (χ4n) is 2.02. The van der Waals surface area contributed by atoms with Crippen molar-refractivity contribution in [2.24, 2.45) is 0 Å². The van der Waals surface area contributed by atoms with E-state index < -0.39 is 6.10 Å². The minimum atomic E-state index is -0.656. The van der Waals surface area contributed by atoms with Crippen LogP contribution >= 0.6 is 0 Å². The van der Waals surface area contributed by atoms with E-state index in [0.29, 0.717) is 12.1 Å². The van der Waals surface area contributed by atoms with Crippen molar-refractivity contribution in [3.05, 3.63) is 66.4 Å². The summed E-state index contributed by atoms with van der Waals surface area (Å²) in [5.41, 5.74) is 2.41. The highest BCUT2D eigenvalue weighted by molar-refractivity contribution is 5.78. The zero-order chi connectivity index (χ0) is 13.1. The second-order valence-electron chi connectivity index (χ2n) is 4.35. The van der Waals surface area contributed by atoms with Gasteiger partial charge < -0.3 is 5.11 Å². The summed E-state index contributed by atoms with van der Waals surface area (Å²) in [7, 11) is 0. The summed E-state index contributed by atoms with van der Waals surface area (Å²) >= 11 is 0. The summed E-state index contributed by atoms with van der Waals surface area (Å²) in [6, 6.07) is 13.6. The van der Waals surface area contributed by atoms with Gasteiger partial charge in [0.05, 0.1) is 11.2 Å². The lowest BCUT2D eigenvalue weighted by Gasteiger charge is -2.09. The van der Waals surface area contributed by atoms with Crippen LogP contribution in [-0.2, 0) is 6.42 Å². The molecule has 0 aliphatic rings. The maximum Gasteiger partial charge on any atom is 0.115 e. The first-order chi connectivity index (χ1) is 9.33. The molecule has 1 unspecified atom stereocenters. The molecule has 4 heteroatoms. The van der Waals surface area contributed by atoms with Gasteiger partial charge in [0.25, 0.3) is 0 Å². The summed E-state index contributed by atoms with van der Waals surface area (Å²) in [5, 5.41) is 11.2. The lowest BCUT2D eigenvalue weighted by atomic mass is 10.1. The van der Waals surface area contributed by atoms with Crippen molar-refractivity contribution in [1.82, 2.24) is 15.0 Å². The molecule has 1 atom stereocenters. The molecule has 3 rings (SSSR count). The first kappa shape index (κ1) is 11.7. The Balaban J connectivity index is 1.85. The van der Waals surface area contributed by atoms with Crippen LogP contribution in [0.4, 0.5) is 0 Å². The van der Waals surface area contributed by atoms with Crippen molar-refractivity contribution >= 4 is 10.9 Å². The van der Waals surface area contributed by atoms with Gasteiger partial charge in [0.15, 0.2) is 0 Å². The molecule has 0 amide bonds. The van der Waals surface area contributed by atoms with Crippen LogP contribution in [0.1, 0.15) is 17.5 Å². The molecule has 19 heavy (non-hydrogen) atoms. The zero-order valence-corrected chi connectivity index (χ0v) is 10.3. The van der Waals surface area contributed by atoms with Gasteiger partial charge in [-0.1, -0.05) is 24.3 Å². The molecule has 94 valence electrons. The van der Waals surface area contributed by atoms with Crippen LogP contribution in [-0.4, -0.2) is 20.1 Å². The average molecular weight is 251 g/mol. The number of pyridine rings is 1. The third-order valence-electron chi connectivity index (χ3n) is 3.00. The molecular weight excluding hydrogens is 238 g/mol. The largest absolute Gasteiger partial charge is 0.386 e. The van der Waals surface area contributed by atoms with E-state index in [1.165, 1.54) is 6.33 Å². The lowest BCUT2D eigenvalue weighted by Crippen LogP contribution is -2.05. The van der Waals surface area contributed by atoms with Crippen molar-refractivity contribution in [2.45, 2.75) is 12.5 Å². The van der Waals surface area contributed by atoms with Crippen molar-refractivity contribution in [3.8, 4) is 0 Å². The minimum Gasteiger partial charge on any atom is -0.386 e. The number of hydrogen-bond acceptors (Lipinski definition) is 4. The van der Waals surface area contributed by atoms with Gasteiger partial charge in [0, 0.05) is 23.7 Å². The Kier molecular flexibility index (Phi) is 3.16. The molecule has 0 aliphatic carbocycles. The first-order valence-electron chi connectivity index (χ1n) is 6.11. The summed E-state index contributed by atoms with van der Waals surface area (Å²) < 4.78 is 0. The molecule has 0 aliphatic heterocycles. The standard InChI is InChI=1S/C15H13N3O/c19-15(14-7-8-16-10-17-14)9-12-6-5-11-3-1-2-4-13(11)18-12/h1-8,10,15,19H,9H2. The molecule has 0 saturated heterocycles. The van der Waals surface area contributed by atoms with Gasteiger partial charge in [-0.15, -0.1) is 0 Å². The van der Waals surface area contributed by atoms with Crippen LogP contribution in [0.15, 0.2) is 55.0 Å². The molecule has 0 spiro atoms. The van der Waals surface area contributed by atoms with Crippen molar-refractivity contribution < 1.29 is 5.11 Å². The summed E-state index contributed by atoms with van der Waals surface area (Å²) in [6.45, 7) is 0. The zero-order valence-electron chi connectivity index (χ0n) is 10.3. The number of aliphatic hydroxyl groups is 1. The Morgan fingerprint density at radius 3 is 2.79 bits per heavy atom. The minimum absolute atomic E-state index is 0.446. The highest BCUT2D eigenvalue weighted by atomic mass is 16.3. The van der Waals surface area contributed by atoms with E-state index in [0.717, 1.165) is 16.6 Å². The smallest absolute Gasteiger partial charge is 0.115 e. The predicted octanol–water partition coefficient (Wildman–Crippen LogP) is 2.30. The average Bonchev–Trinajstić information content (AvgIpc) is 2.48. The van der Waals surface area contributed by atoms with Crippen LogP contribution < -0.4 is 0 Å². The van der Waals surface area contributed by atoms with Crippen molar-refractivity contribution in [3.63, 3.8) is 0 Å². The SMILES string of the molecule is OC(Cc1ccc2ccccc2n1)c1ccncn1. The highest BCUT2D eigenvalue weighted by Crippen LogP contribution is 2.17. The van der Waals surface area contributed by atoms with Gasteiger partial charge in [-0.25, -0.2) is 9.97 Å². The fourth-order valence-corrected chi connectivity index (χ4v) is 2.02. The molecule has 2 aromatic heterocycles. The Morgan fingerprint density at radius 1 is 1.05 bits per heavy atom. The Morgan fingerprint density at radius 2 is 1.95 bits per heavy atom. The van der Waals surface area contributed by atoms with Crippen molar-refractivity contribution in [1.29, 1.82) is 0 Å². The Labute approximate surface area is 110 Å². The normalized spacial score (nSPS) is 12.5. The quantitative estimate of drug-likeness (QED) is 0.776. The van der Waals surface area contributed by atoms with E-state index in [9.17, 15) is 5.11 Å². The molecule has 3 aromatic rings. The van der Waals surface area contributed by atoms with E-state index in [1.807, 2.05) is 36.4 Å². The van der Waals surface area contributed by atoms with E-state index in [2.05, 4.69) is 15.0 Å². The maximum absolute atomic E-state index is 10.1. The summed E-state index contributed by atoms with van der Waals surface area (Å²) in [6.07, 6.45) is 2.85. The number of rotatable bonds is 3. The molecule has 0 fully saturated rings. The predicted molar refractivity (Wildman–Crippen MR) is 72.4 cm³/mol. The number of nitrogens with zero attached hydrogens (tertiary/aromatic N) is 3. The second kappa shape index (κ2) is 5.12. The number of benzene rings is 1. The number of aromatic nitrogens is 3. The number of hydrogen-bond donors (Lipinski definition) is 1. The van der Waals surface area contributed by atoms with E-state index in [1.54, 1.807) is 12.3 Å². The van der Waals surface area contributed by atoms with Crippen LogP contribution in [0.3, 0.4) is 0 Å². The van der Waals surface area contributed by atoms with Crippen LogP contribution in [0.5, 0.6) is 0 Å². The molecule has 0 bridgehead atoms. The molecule has 4 nitrogen and oxygen atoms in total. The van der Waals surface area contributed by atoms with Crippen LogP contribution in [0.2, 0.25) is 0 Å². The Hall–Kier alpha value is -2.33. The number of fused-ring (bicyclic) bond motifs is 1. The second-order valence-corrected chi connectivity index (χ2v) is 4.35. The highest BCUT2D eigenvalue weighted by Gasteiger charge is 2.10. The monoisotopic (exact) mass is 251 g/mol. The van der Waals surface area contributed by atoms with Gasteiger partial charge in [-0.2, -0.15) is 0 Å². The van der Waals surface area contributed by atoms with Crippen LogP contribution in [0.25, 0.3) is 10.9 Å². The summed E-state index contributed by atoms with van der Waals surface area (Å²) in [5.74, 6) is 0. The van der Waals surface area contributed by atoms with E-state index in [4.69, 9.17) is 0 Å². The van der Waals surface area contributed by atoms with Crippen molar-refractivity contribution in [2.75, 3.05) is 0 Å². The van der Waals surface area contributed by atoms with Gasteiger partial charge in [0.1, 0.15) is 12.4 Å². The topological polar surface area (TPSA) is 58.9 Å². The first-order valence-corrected chi connectivity index (χ1v) is 6.11. The number of para-hydroxylation sites is 1. The van der Waals surface area contributed by atoms with E-state index >= 15 is 0 Å². The molecular formula is C15H13N3O. The Bertz CT molecular complexity index is 685. The van der Waals surface area contributed by atoms with Gasteiger partial charge >= 0.3 is 0 Å². The lowest BCUT2D eigenvalue weighted by molar-refractivity contribution is 0.172. The number of aliphatic hydroxyl groups excluding tert-OH is 1. The third kappa shape index (κ3) is 2.58. The van der Waals surface area contributed by atoms with Gasteiger partial charge in [-0.3, -0.25) is 4.98 Å². The molecule has 1 aromatic carbocycles. The fraction of sp³-hybridized carbons (Fsp3) is 0.133. The van der Waals surface area contributed by atoms with E-state index in [-0.39, 0.29) is 0 Å².